The fourth-order valence-electron chi connectivity index (χ4n) is 3.54. The zero-order valence-corrected chi connectivity index (χ0v) is 16.3. The third kappa shape index (κ3) is 3.79. The molecule has 0 saturated carbocycles. The summed E-state index contributed by atoms with van der Waals surface area (Å²) in [5.41, 5.74) is 5.13. The van der Waals surface area contributed by atoms with Gasteiger partial charge in [0.1, 0.15) is 5.82 Å². The van der Waals surface area contributed by atoms with Gasteiger partial charge < -0.3 is 5.32 Å². The van der Waals surface area contributed by atoms with Crippen LogP contribution in [0.15, 0.2) is 91.3 Å². The summed E-state index contributed by atoms with van der Waals surface area (Å²) in [7, 11) is 0. The monoisotopic (exact) mass is 408 g/mol. The summed E-state index contributed by atoms with van der Waals surface area (Å²) in [5.74, 6) is -0.634. The maximum atomic E-state index is 13.6. The number of aromatic amines is 1. The number of nitrogens with one attached hydrogen (secondary N) is 2. The molecule has 3 aromatic carbocycles. The smallest absolute Gasteiger partial charge is 0.276 e. The number of benzene rings is 3. The van der Waals surface area contributed by atoms with Crippen LogP contribution in [-0.4, -0.2) is 21.1 Å². The number of halogens is 1. The fraction of sp³-hybridized carbons (Fsp3) is 0. The molecule has 0 fully saturated rings. The fourth-order valence-corrected chi connectivity index (χ4v) is 3.54. The van der Waals surface area contributed by atoms with Crippen molar-refractivity contribution in [2.24, 2.45) is 0 Å². The van der Waals surface area contributed by atoms with E-state index in [1.807, 2.05) is 54.6 Å². The van der Waals surface area contributed by atoms with Gasteiger partial charge in [0.15, 0.2) is 5.69 Å². The molecule has 0 aliphatic rings. The van der Waals surface area contributed by atoms with Gasteiger partial charge in [-0.3, -0.25) is 14.9 Å². The first-order valence-electron chi connectivity index (χ1n) is 9.73. The summed E-state index contributed by atoms with van der Waals surface area (Å²) in [5, 5.41) is 10.7. The van der Waals surface area contributed by atoms with Crippen LogP contribution < -0.4 is 5.32 Å². The van der Waals surface area contributed by atoms with E-state index in [0.29, 0.717) is 11.4 Å². The standard InChI is InChI=1S/C25H17FN4O/c26-20-7-1-4-16(12-20)17-5-2-8-21(13-17)28-25(31)24-22-14-18(9-10-23(22)29-30-24)19-6-3-11-27-15-19/h1-15H,(H,28,31)(H,29,30). The molecule has 5 rings (SSSR count). The topological polar surface area (TPSA) is 70.7 Å². The van der Waals surface area contributed by atoms with Gasteiger partial charge in [-0.25, -0.2) is 4.39 Å². The van der Waals surface area contributed by atoms with E-state index in [0.717, 1.165) is 33.2 Å². The van der Waals surface area contributed by atoms with Gasteiger partial charge in [0.2, 0.25) is 0 Å². The van der Waals surface area contributed by atoms with Crippen molar-refractivity contribution in [3.63, 3.8) is 0 Å². The maximum absolute atomic E-state index is 13.6. The molecule has 0 saturated heterocycles. The summed E-state index contributed by atoms with van der Waals surface area (Å²) in [6.07, 6.45) is 3.50. The number of anilines is 1. The average Bonchev–Trinajstić information content (AvgIpc) is 3.23. The summed E-state index contributed by atoms with van der Waals surface area (Å²) in [4.78, 5) is 17.1. The number of hydrogen-bond donors (Lipinski definition) is 2. The lowest BCUT2D eigenvalue weighted by Gasteiger charge is -2.07. The molecule has 0 bridgehead atoms. The molecule has 0 spiro atoms. The van der Waals surface area contributed by atoms with Crippen molar-refractivity contribution in [3.8, 4) is 22.3 Å². The van der Waals surface area contributed by atoms with Crippen LogP contribution in [0.1, 0.15) is 10.5 Å². The Kier molecular flexibility index (Phi) is 4.72. The minimum atomic E-state index is -0.328. The highest BCUT2D eigenvalue weighted by Gasteiger charge is 2.15. The van der Waals surface area contributed by atoms with E-state index in [1.54, 1.807) is 24.5 Å². The Labute approximate surface area is 177 Å². The quantitative estimate of drug-likeness (QED) is 0.402. The molecule has 31 heavy (non-hydrogen) atoms. The molecule has 0 atom stereocenters. The summed E-state index contributed by atoms with van der Waals surface area (Å²) < 4.78 is 13.6. The molecule has 1 amide bonds. The zero-order valence-electron chi connectivity index (χ0n) is 16.3. The Morgan fingerprint density at radius 3 is 2.42 bits per heavy atom. The van der Waals surface area contributed by atoms with Crippen LogP contribution in [0.2, 0.25) is 0 Å². The Balaban J connectivity index is 1.45. The third-order valence-corrected chi connectivity index (χ3v) is 5.05. The minimum Gasteiger partial charge on any atom is -0.321 e. The summed E-state index contributed by atoms with van der Waals surface area (Å²) in [6, 6.07) is 23.2. The molecular weight excluding hydrogens is 391 g/mol. The molecule has 2 N–H and O–H groups in total. The number of H-pyrrole nitrogens is 1. The van der Waals surface area contributed by atoms with Gasteiger partial charge in [-0.05, 0) is 59.2 Å². The van der Waals surface area contributed by atoms with Crippen molar-refractivity contribution >= 4 is 22.5 Å². The molecule has 0 aliphatic heterocycles. The Morgan fingerprint density at radius 1 is 0.839 bits per heavy atom. The molecule has 150 valence electrons. The van der Waals surface area contributed by atoms with E-state index in [1.165, 1.54) is 12.1 Å². The first-order valence-corrected chi connectivity index (χ1v) is 9.73. The molecule has 0 radical (unpaired) electrons. The van der Waals surface area contributed by atoms with Crippen molar-refractivity contribution in [1.82, 2.24) is 15.2 Å². The van der Waals surface area contributed by atoms with E-state index in [-0.39, 0.29) is 11.7 Å². The van der Waals surface area contributed by atoms with E-state index in [4.69, 9.17) is 0 Å². The van der Waals surface area contributed by atoms with Crippen molar-refractivity contribution in [2.45, 2.75) is 0 Å². The number of rotatable bonds is 4. The van der Waals surface area contributed by atoms with Crippen LogP contribution in [-0.2, 0) is 0 Å². The van der Waals surface area contributed by atoms with Crippen LogP contribution in [0.4, 0.5) is 10.1 Å². The Morgan fingerprint density at radius 2 is 1.61 bits per heavy atom. The highest BCUT2D eigenvalue weighted by Crippen LogP contribution is 2.27. The molecule has 5 aromatic rings. The molecule has 6 heteroatoms. The lowest BCUT2D eigenvalue weighted by Crippen LogP contribution is -2.12. The van der Waals surface area contributed by atoms with Crippen LogP contribution in [0.5, 0.6) is 0 Å². The zero-order chi connectivity index (χ0) is 21.2. The van der Waals surface area contributed by atoms with Gasteiger partial charge in [-0.15, -0.1) is 0 Å². The van der Waals surface area contributed by atoms with Crippen LogP contribution in [0.25, 0.3) is 33.2 Å². The number of carbonyl (C=O) groups excluding carboxylic acids is 1. The van der Waals surface area contributed by atoms with E-state index < -0.39 is 0 Å². The van der Waals surface area contributed by atoms with Gasteiger partial charge >= 0.3 is 0 Å². The second-order valence-electron chi connectivity index (χ2n) is 7.12. The average molecular weight is 408 g/mol. The van der Waals surface area contributed by atoms with Gasteiger partial charge in [-0.2, -0.15) is 5.10 Å². The molecule has 2 heterocycles. The van der Waals surface area contributed by atoms with Crippen molar-refractivity contribution < 1.29 is 9.18 Å². The SMILES string of the molecule is O=C(Nc1cccc(-c2cccc(F)c2)c1)c1n[nH]c2ccc(-c3cccnc3)cc12. The number of carbonyl (C=O) groups is 1. The van der Waals surface area contributed by atoms with Crippen LogP contribution >= 0.6 is 0 Å². The van der Waals surface area contributed by atoms with E-state index in [9.17, 15) is 9.18 Å². The predicted molar refractivity (Wildman–Crippen MR) is 119 cm³/mol. The Bertz CT molecular complexity index is 1400. The molecule has 0 unspecified atom stereocenters. The first kappa shape index (κ1) is 18.7. The van der Waals surface area contributed by atoms with E-state index >= 15 is 0 Å². The van der Waals surface area contributed by atoms with Crippen molar-refractivity contribution in [1.29, 1.82) is 0 Å². The number of pyridine rings is 1. The van der Waals surface area contributed by atoms with E-state index in [2.05, 4.69) is 20.5 Å². The van der Waals surface area contributed by atoms with Gasteiger partial charge in [0, 0.05) is 29.0 Å². The van der Waals surface area contributed by atoms with Gasteiger partial charge in [-0.1, -0.05) is 36.4 Å². The van der Waals surface area contributed by atoms with Crippen LogP contribution in [0.3, 0.4) is 0 Å². The molecule has 0 aliphatic carbocycles. The Hall–Kier alpha value is -4.32. The molecular formula is C25H17FN4O. The summed E-state index contributed by atoms with van der Waals surface area (Å²) in [6.45, 7) is 0. The predicted octanol–water partition coefficient (Wildman–Crippen LogP) is 5.68. The molecule has 2 aromatic heterocycles. The number of nitrogens with zero attached hydrogens (tertiary/aromatic N) is 2. The highest BCUT2D eigenvalue weighted by molar-refractivity contribution is 6.11. The number of fused-ring (bicyclic) bond motifs is 1. The first-order chi connectivity index (χ1) is 15.2. The maximum Gasteiger partial charge on any atom is 0.276 e. The van der Waals surface area contributed by atoms with Crippen molar-refractivity contribution in [2.75, 3.05) is 5.32 Å². The lowest BCUT2D eigenvalue weighted by atomic mass is 10.0. The second-order valence-corrected chi connectivity index (χ2v) is 7.12. The number of hydrogen-bond acceptors (Lipinski definition) is 3. The van der Waals surface area contributed by atoms with Gasteiger partial charge in [0.05, 0.1) is 5.52 Å². The third-order valence-electron chi connectivity index (χ3n) is 5.05. The van der Waals surface area contributed by atoms with Crippen molar-refractivity contribution in [3.05, 3.63) is 103 Å². The largest absolute Gasteiger partial charge is 0.321 e. The highest BCUT2D eigenvalue weighted by atomic mass is 19.1. The number of amides is 1. The molecule has 5 nitrogen and oxygen atoms in total. The van der Waals surface area contributed by atoms with Gasteiger partial charge in [0.25, 0.3) is 5.91 Å². The normalized spacial score (nSPS) is 10.9. The summed E-state index contributed by atoms with van der Waals surface area (Å²) >= 11 is 0. The van der Waals surface area contributed by atoms with Crippen LogP contribution in [0, 0.1) is 5.82 Å². The minimum absolute atomic E-state index is 0.303. The lowest BCUT2D eigenvalue weighted by molar-refractivity contribution is 0.102. The number of aromatic nitrogens is 3. The second kappa shape index (κ2) is 7.84.